The third-order valence-electron chi connectivity index (χ3n) is 5.74. The molecule has 0 aromatic carbocycles. The third kappa shape index (κ3) is 3.76. The number of hydrogen-bond donors (Lipinski definition) is 1. The number of hydrogen-bond acceptors (Lipinski definition) is 2. The Morgan fingerprint density at radius 2 is 1.73 bits per heavy atom. The van der Waals surface area contributed by atoms with Gasteiger partial charge in [-0.3, -0.25) is 4.98 Å². The first-order valence-corrected chi connectivity index (χ1v) is 9.55. The summed E-state index contributed by atoms with van der Waals surface area (Å²) < 4.78 is 0. The van der Waals surface area contributed by atoms with Gasteiger partial charge in [-0.1, -0.05) is 50.6 Å². The molecule has 2 aliphatic carbocycles. The molecular formula is C19H29ClN2. The molecule has 0 unspecified atom stereocenters. The monoisotopic (exact) mass is 320 g/mol. The largest absolute Gasteiger partial charge is 0.381 e. The lowest BCUT2D eigenvalue weighted by atomic mass is 9.72. The van der Waals surface area contributed by atoms with Crippen LogP contribution < -0.4 is 5.32 Å². The standard InChI is InChI=1S/C19H29ClN2/c1-2-17-19(20)18(12-13-21-17)22-16-10-8-15(9-11-16)14-6-4-3-5-7-14/h12-16H,2-11H2,1H3,(H,21,22)/t15-,16+. The van der Waals surface area contributed by atoms with Crippen LogP contribution >= 0.6 is 11.6 Å². The molecule has 1 aromatic heterocycles. The average molecular weight is 321 g/mol. The molecule has 2 saturated carbocycles. The van der Waals surface area contributed by atoms with Gasteiger partial charge in [0.05, 0.1) is 16.4 Å². The van der Waals surface area contributed by atoms with E-state index in [9.17, 15) is 0 Å². The first-order valence-electron chi connectivity index (χ1n) is 9.17. The minimum Gasteiger partial charge on any atom is -0.381 e. The molecule has 0 saturated heterocycles. The molecule has 0 spiro atoms. The van der Waals surface area contributed by atoms with Crippen LogP contribution in [0.1, 0.15) is 70.4 Å². The molecule has 0 atom stereocenters. The Labute approximate surface area is 140 Å². The maximum Gasteiger partial charge on any atom is 0.0852 e. The van der Waals surface area contributed by atoms with E-state index in [1.54, 1.807) is 0 Å². The molecule has 22 heavy (non-hydrogen) atoms. The highest BCUT2D eigenvalue weighted by Crippen LogP contribution is 2.39. The second-order valence-electron chi connectivity index (χ2n) is 7.13. The maximum atomic E-state index is 6.45. The molecule has 0 aliphatic heterocycles. The van der Waals surface area contributed by atoms with Gasteiger partial charge in [-0.15, -0.1) is 0 Å². The highest BCUT2D eigenvalue weighted by Gasteiger charge is 2.28. The quantitative estimate of drug-likeness (QED) is 0.752. The van der Waals surface area contributed by atoms with E-state index in [1.807, 2.05) is 12.3 Å². The molecule has 1 heterocycles. The third-order valence-corrected chi connectivity index (χ3v) is 6.17. The number of pyridine rings is 1. The van der Waals surface area contributed by atoms with Gasteiger partial charge in [0, 0.05) is 12.2 Å². The fourth-order valence-corrected chi connectivity index (χ4v) is 4.71. The van der Waals surface area contributed by atoms with Crippen LogP contribution in [0.15, 0.2) is 12.3 Å². The van der Waals surface area contributed by atoms with Gasteiger partial charge in [-0.05, 0) is 50.0 Å². The van der Waals surface area contributed by atoms with E-state index in [0.717, 1.165) is 34.7 Å². The zero-order chi connectivity index (χ0) is 15.4. The highest BCUT2D eigenvalue weighted by molar-refractivity contribution is 6.33. The lowest BCUT2D eigenvalue weighted by molar-refractivity contribution is 0.190. The van der Waals surface area contributed by atoms with Gasteiger partial charge < -0.3 is 5.32 Å². The summed E-state index contributed by atoms with van der Waals surface area (Å²) in [5.41, 5.74) is 2.08. The van der Waals surface area contributed by atoms with E-state index < -0.39 is 0 Å². The van der Waals surface area contributed by atoms with E-state index in [-0.39, 0.29) is 0 Å². The van der Waals surface area contributed by atoms with Gasteiger partial charge in [0.1, 0.15) is 0 Å². The zero-order valence-corrected chi connectivity index (χ0v) is 14.5. The van der Waals surface area contributed by atoms with Gasteiger partial charge in [0.2, 0.25) is 0 Å². The molecule has 3 rings (SSSR count). The molecule has 0 radical (unpaired) electrons. The molecule has 2 fully saturated rings. The minimum atomic E-state index is 0.587. The van der Waals surface area contributed by atoms with Crippen molar-refractivity contribution in [2.75, 3.05) is 5.32 Å². The summed E-state index contributed by atoms with van der Waals surface area (Å²) >= 11 is 6.45. The summed E-state index contributed by atoms with van der Waals surface area (Å²) in [7, 11) is 0. The molecule has 0 amide bonds. The lowest BCUT2D eigenvalue weighted by Gasteiger charge is -2.36. The van der Waals surface area contributed by atoms with E-state index in [4.69, 9.17) is 11.6 Å². The van der Waals surface area contributed by atoms with Crippen molar-refractivity contribution >= 4 is 17.3 Å². The SMILES string of the molecule is CCc1nccc(N[C@H]2CC[C@@H](C3CCCCC3)CC2)c1Cl. The van der Waals surface area contributed by atoms with Gasteiger partial charge in [-0.2, -0.15) is 0 Å². The molecule has 2 aliphatic rings. The van der Waals surface area contributed by atoms with Gasteiger partial charge >= 0.3 is 0 Å². The summed E-state index contributed by atoms with van der Waals surface area (Å²) in [5, 5.41) is 4.49. The van der Waals surface area contributed by atoms with E-state index in [0.29, 0.717) is 6.04 Å². The van der Waals surface area contributed by atoms with Crippen LogP contribution in [0.5, 0.6) is 0 Å². The van der Waals surface area contributed by atoms with Crippen LogP contribution in [0.4, 0.5) is 5.69 Å². The van der Waals surface area contributed by atoms with Crippen molar-refractivity contribution in [3.63, 3.8) is 0 Å². The molecule has 0 bridgehead atoms. The second kappa shape index (κ2) is 7.68. The molecule has 122 valence electrons. The highest BCUT2D eigenvalue weighted by atomic mass is 35.5. The van der Waals surface area contributed by atoms with Crippen LogP contribution in [-0.2, 0) is 6.42 Å². The number of halogens is 1. The van der Waals surface area contributed by atoms with E-state index in [2.05, 4.69) is 17.2 Å². The Morgan fingerprint density at radius 3 is 2.41 bits per heavy atom. The maximum absolute atomic E-state index is 6.45. The van der Waals surface area contributed by atoms with Crippen LogP contribution in [0, 0.1) is 11.8 Å². The summed E-state index contributed by atoms with van der Waals surface area (Å²) in [5.74, 6) is 2.00. The van der Waals surface area contributed by atoms with Crippen LogP contribution in [0.2, 0.25) is 5.02 Å². The minimum absolute atomic E-state index is 0.587. The van der Waals surface area contributed by atoms with Crippen molar-refractivity contribution in [1.82, 2.24) is 4.98 Å². The predicted molar refractivity (Wildman–Crippen MR) is 94.6 cm³/mol. The number of aromatic nitrogens is 1. The first-order chi connectivity index (χ1) is 10.8. The Kier molecular flexibility index (Phi) is 5.62. The summed E-state index contributed by atoms with van der Waals surface area (Å²) in [4.78, 5) is 4.35. The van der Waals surface area contributed by atoms with Gasteiger partial charge in [0.25, 0.3) is 0 Å². The van der Waals surface area contributed by atoms with Crippen molar-refractivity contribution in [2.24, 2.45) is 11.8 Å². The predicted octanol–water partition coefficient (Wildman–Crippen LogP) is 5.85. The molecule has 3 heteroatoms. The van der Waals surface area contributed by atoms with Crippen LogP contribution in [-0.4, -0.2) is 11.0 Å². The second-order valence-corrected chi connectivity index (χ2v) is 7.50. The molecule has 1 aromatic rings. The fourth-order valence-electron chi connectivity index (χ4n) is 4.41. The Hall–Kier alpha value is -0.760. The van der Waals surface area contributed by atoms with E-state index in [1.165, 1.54) is 57.8 Å². The average Bonchev–Trinajstić information content (AvgIpc) is 2.58. The van der Waals surface area contributed by atoms with Gasteiger partial charge in [0.15, 0.2) is 0 Å². The smallest absolute Gasteiger partial charge is 0.0852 e. The summed E-state index contributed by atoms with van der Waals surface area (Å²) in [6, 6.07) is 2.61. The number of aryl methyl sites for hydroxylation is 1. The Morgan fingerprint density at radius 1 is 1.05 bits per heavy atom. The number of rotatable bonds is 4. The lowest BCUT2D eigenvalue weighted by Crippen LogP contribution is -2.30. The van der Waals surface area contributed by atoms with Crippen molar-refractivity contribution in [3.8, 4) is 0 Å². The molecule has 2 nitrogen and oxygen atoms in total. The molecule has 1 N–H and O–H groups in total. The van der Waals surface area contributed by atoms with Crippen molar-refractivity contribution in [3.05, 3.63) is 23.0 Å². The van der Waals surface area contributed by atoms with Crippen molar-refractivity contribution in [2.45, 2.75) is 77.2 Å². The fraction of sp³-hybridized carbons (Fsp3) is 0.737. The van der Waals surface area contributed by atoms with E-state index >= 15 is 0 Å². The Bertz CT molecular complexity index is 474. The Balaban J connectivity index is 1.53. The normalized spacial score (nSPS) is 26.8. The zero-order valence-electron chi connectivity index (χ0n) is 13.8. The molecular weight excluding hydrogens is 292 g/mol. The summed E-state index contributed by atoms with van der Waals surface area (Å²) in [6.45, 7) is 2.10. The number of nitrogens with one attached hydrogen (secondary N) is 1. The first kappa shape index (κ1) is 16.1. The van der Waals surface area contributed by atoms with Gasteiger partial charge in [-0.25, -0.2) is 0 Å². The van der Waals surface area contributed by atoms with Crippen molar-refractivity contribution in [1.29, 1.82) is 0 Å². The topological polar surface area (TPSA) is 24.9 Å². The van der Waals surface area contributed by atoms with Crippen molar-refractivity contribution < 1.29 is 0 Å². The summed E-state index contributed by atoms with van der Waals surface area (Å²) in [6.07, 6.45) is 15.5. The number of nitrogens with zero attached hydrogens (tertiary/aromatic N) is 1. The van der Waals surface area contributed by atoms with Crippen LogP contribution in [0.3, 0.4) is 0 Å². The number of anilines is 1. The van der Waals surface area contributed by atoms with Crippen LogP contribution in [0.25, 0.3) is 0 Å².